The van der Waals surface area contributed by atoms with Gasteiger partial charge in [-0.05, 0) is 49.9 Å². The third-order valence-electron chi connectivity index (χ3n) is 5.26. The second-order valence-corrected chi connectivity index (χ2v) is 7.78. The Hall–Kier alpha value is -2.54. The van der Waals surface area contributed by atoms with Gasteiger partial charge in [-0.2, -0.15) is 4.98 Å². The van der Waals surface area contributed by atoms with Crippen LogP contribution in [0.2, 0.25) is 5.02 Å². The molecule has 0 atom stereocenters. The maximum absolute atomic E-state index is 12.1. The Kier molecular flexibility index (Phi) is 7.89. The summed E-state index contributed by atoms with van der Waals surface area (Å²) in [6.07, 6.45) is 3.77. The van der Waals surface area contributed by atoms with E-state index in [1.807, 2.05) is 43.1 Å². The Balaban J connectivity index is 0.00000160. The highest BCUT2D eigenvalue weighted by molar-refractivity contribution is 6.30. The minimum atomic E-state index is 0. The van der Waals surface area contributed by atoms with Crippen LogP contribution in [0, 0.1) is 5.92 Å². The summed E-state index contributed by atoms with van der Waals surface area (Å²) in [5.74, 6) is 2.84. The third-order valence-corrected chi connectivity index (χ3v) is 5.51. The van der Waals surface area contributed by atoms with Crippen LogP contribution in [0.3, 0.4) is 0 Å². The summed E-state index contributed by atoms with van der Waals surface area (Å²) in [5.41, 5.74) is 0.773. The SMILES string of the molecule is C.C.CCN1C(=O)CN(C)c2nc(NC3CC(COc4ccc(Cl)cc4)C3)ncc21. The molecule has 1 N–H and O–H groups in total. The molecule has 0 radical (unpaired) electrons. The van der Waals surface area contributed by atoms with E-state index in [2.05, 4.69) is 15.3 Å². The van der Waals surface area contributed by atoms with Crippen LogP contribution in [0.1, 0.15) is 34.6 Å². The first kappa shape index (κ1) is 23.7. The number of ether oxygens (including phenoxy) is 1. The minimum Gasteiger partial charge on any atom is -0.493 e. The normalized spacial score (nSPS) is 19.8. The predicted octanol–water partition coefficient (Wildman–Crippen LogP) is 4.47. The fraction of sp³-hybridized carbons (Fsp3) is 0.500. The number of anilines is 3. The Morgan fingerprint density at radius 2 is 1.93 bits per heavy atom. The van der Waals surface area contributed by atoms with Crippen molar-refractivity contribution in [2.45, 2.75) is 40.7 Å². The summed E-state index contributed by atoms with van der Waals surface area (Å²) >= 11 is 5.89. The summed E-state index contributed by atoms with van der Waals surface area (Å²) in [6, 6.07) is 7.78. The van der Waals surface area contributed by atoms with Gasteiger partial charge in [-0.25, -0.2) is 4.98 Å². The van der Waals surface area contributed by atoms with E-state index in [1.165, 1.54) is 0 Å². The first-order chi connectivity index (χ1) is 13.5. The molecule has 1 aliphatic heterocycles. The highest BCUT2D eigenvalue weighted by atomic mass is 35.5. The molecule has 8 heteroatoms. The van der Waals surface area contributed by atoms with Gasteiger partial charge in [0.1, 0.15) is 11.4 Å². The lowest BCUT2D eigenvalue weighted by Crippen LogP contribution is -2.45. The minimum absolute atomic E-state index is 0. The molecule has 7 nitrogen and oxygen atoms in total. The van der Waals surface area contributed by atoms with E-state index in [-0.39, 0.29) is 20.8 Å². The second kappa shape index (κ2) is 9.98. The molecule has 2 heterocycles. The molecule has 1 amide bonds. The fourth-order valence-electron chi connectivity index (χ4n) is 3.67. The zero-order chi connectivity index (χ0) is 19.7. The largest absolute Gasteiger partial charge is 0.493 e. The van der Waals surface area contributed by atoms with E-state index in [1.54, 1.807) is 11.1 Å². The lowest BCUT2D eigenvalue weighted by molar-refractivity contribution is -0.117. The average molecular weight is 434 g/mol. The molecule has 2 aliphatic rings. The molecule has 1 fully saturated rings. The van der Waals surface area contributed by atoms with Gasteiger partial charge in [-0.1, -0.05) is 26.5 Å². The first-order valence-electron chi connectivity index (χ1n) is 9.57. The molecule has 0 saturated heterocycles. The quantitative estimate of drug-likeness (QED) is 0.724. The Bertz CT molecular complexity index is 855. The lowest BCUT2D eigenvalue weighted by atomic mass is 9.81. The van der Waals surface area contributed by atoms with Crippen LogP contribution in [0.4, 0.5) is 17.5 Å². The molecule has 1 saturated carbocycles. The fourth-order valence-corrected chi connectivity index (χ4v) is 3.79. The van der Waals surface area contributed by atoms with E-state index in [0.29, 0.717) is 42.6 Å². The number of benzene rings is 1. The molecule has 30 heavy (non-hydrogen) atoms. The van der Waals surface area contributed by atoms with Crippen molar-refractivity contribution in [1.29, 1.82) is 0 Å². The van der Waals surface area contributed by atoms with Crippen LogP contribution >= 0.6 is 11.6 Å². The first-order valence-corrected chi connectivity index (χ1v) is 9.94. The number of nitrogens with one attached hydrogen (secondary N) is 1. The van der Waals surface area contributed by atoms with Crippen LogP contribution in [0.15, 0.2) is 30.5 Å². The Morgan fingerprint density at radius 1 is 1.23 bits per heavy atom. The zero-order valence-electron chi connectivity index (χ0n) is 16.1. The number of aromatic nitrogens is 2. The number of fused-ring (bicyclic) bond motifs is 1. The molecule has 1 aromatic carbocycles. The monoisotopic (exact) mass is 433 g/mol. The van der Waals surface area contributed by atoms with Crippen molar-refractivity contribution in [2.24, 2.45) is 5.92 Å². The van der Waals surface area contributed by atoms with E-state index < -0.39 is 0 Å². The Morgan fingerprint density at radius 3 is 2.60 bits per heavy atom. The standard InChI is InChI=1S/C20H24ClN5O2.2CH4/c1-3-26-17-10-22-20(24-19(17)25(2)11-18(26)27)23-15-8-13(9-15)12-28-16-6-4-14(21)5-7-16;;/h4-7,10,13,15H,3,8-9,11-12H2,1-2H3,(H,22,23,24);2*1H4. The smallest absolute Gasteiger partial charge is 0.246 e. The molecule has 2 aromatic rings. The van der Waals surface area contributed by atoms with E-state index in [0.717, 1.165) is 30.1 Å². The molecular formula is C22H32ClN5O2. The molecule has 1 aromatic heterocycles. The summed E-state index contributed by atoms with van der Waals surface area (Å²) in [5, 5.41) is 4.11. The van der Waals surface area contributed by atoms with E-state index in [4.69, 9.17) is 16.3 Å². The van der Waals surface area contributed by atoms with Crippen LogP contribution < -0.4 is 19.9 Å². The van der Waals surface area contributed by atoms with Crippen molar-refractivity contribution in [2.75, 3.05) is 41.9 Å². The maximum Gasteiger partial charge on any atom is 0.246 e. The molecule has 1 aliphatic carbocycles. The van der Waals surface area contributed by atoms with Gasteiger partial charge in [0.05, 0.1) is 19.3 Å². The van der Waals surface area contributed by atoms with Gasteiger partial charge in [0, 0.05) is 24.7 Å². The molecule has 4 rings (SSSR count). The van der Waals surface area contributed by atoms with Gasteiger partial charge in [0.15, 0.2) is 5.82 Å². The number of halogens is 1. The number of nitrogens with zero attached hydrogens (tertiary/aromatic N) is 4. The van der Waals surface area contributed by atoms with Gasteiger partial charge >= 0.3 is 0 Å². The van der Waals surface area contributed by atoms with Crippen molar-refractivity contribution < 1.29 is 9.53 Å². The van der Waals surface area contributed by atoms with E-state index in [9.17, 15) is 4.79 Å². The van der Waals surface area contributed by atoms with Gasteiger partial charge < -0.3 is 19.9 Å². The number of likely N-dealkylation sites (N-methyl/N-ethyl adjacent to an activating group) is 2. The molecule has 0 spiro atoms. The number of hydrogen-bond donors (Lipinski definition) is 1. The van der Waals surface area contributed by atoms with Gasteiger partial charge in [0.25, 0.3) is 0 Å². The van der Waals surface area contributed by atoms with Gasteiger partial charge in [-0.15, -0.1) is 0 Å². The number of rotatable bonds is 6. The highest BCUT2D eigenvalue weighted by Gasteiger charge is 2.32. The summed E-state index contributed by atoms with van der Waals surface area (Å²) in [7, 11) is 1.88. The average Bonchev–Trinajstić information content (AvgIpc) is 2.65. The number of carbonyl (C=O) groups is 1. The Labute approximate surface area is 184 Å². The molecular weight excluding hydrogens is 402 g/mol. The predicted molar refractivity (Wildman–Crippen MR) is 124 cm³/mol. The van der Waals surface area contributed by atoms with Gasteiger partial charge in [0.2, 0.25) is 11.9 Å². The van der Waals surface area contributed by atoms with Crippen LogP contribution in [-0.4, -0.2) is 48.7 Å². The van der Waals surface area contributed by atoms with Crippen LogP contribution in [0.25, 0.3) is 0 Å². The second-order valence-electron chi connectivity index (χ2n) is 7.34. The summed E-state index contributed by atoms with van der Waals surface area (Å²) in [4.78, 5) is 24.8. The van der Waals surface area contributed by atoms with Crippen LogP contribution in [-0.2, 0) is 4.79 Å². The zero-order valence-corrected chi connectivity index (χ0v) is 16.8. The van der Waals surface area contributed by atoms with E-state index >= 15 is 0 Å². The molecule has 164 valence electrons. The van der Waals surface area contributed by atoms with Crippen molar-refractivity contribution in [1.82, 2.24) is 9.97 Å². The number of amides is 1. The highest BCUT2D eigenvalue weighted by Crippen LogP contribution is 2.33. The maximum atomic E-state index is 12.1. The van der Waals surface area contributed by atoms with Crippen molar-refractivity contribution in [3.8, 4) is 5.75 Å². The topological polar surface area (TPSA) is 70.6 Å². The summed E-state index contributed by atoms with van der Waals surface area (Å²) in [6.45, 7) is 3.61. The third kappa shape index (κ3) is 4.95. The molecule has 0 unspecified atom stereocenters. The van der Waals surface area contributed by atoms with Crippen molar-refractivity contribution >= 4 is 35.0 Å². The van der Waals surface area contributed by atoms with Crippen molar-refractivity contribution in [3.63, 3.8) is 0 Å². The number of hydrogen-bond acceptors (Lipinski definition) is 6. The lowest BCUT2D eigenvalue weighted by Gasteiger charge is -2.36. The summed E-state index contributed by atoms with van der Waals surface area (Å²) < 4.78 is 5.82. The van der Waals surface area contributed by atoms with Crippen LogP contribution in [0.5, 0.6) is 5.75 Å². The molecule has 0 bridgehead atoms. The van der Waals surface area contributed by atoms with Gasteiger partial charge in [-0.3, -0.25) is 4.79 Å². The number of carbonyl (C=O) groups excluding carboxylic acids is 1. The van der Waals surface area contributed by atoms with Crippen molar-refractivity contribution in [3.05, 3.63) is 35.5 Å².